The number of carbonyl (C=O) groups excluding carboxylic acids is 1. The highest BCUT2D eigenvalue weighted by Crippen LogP contribution is 2.25. The molecule has 0 unspecified atom stereocenters. The third-order valence-corrected chi connectivity index (χ3v) is 2.67. The van der Waals surface area contributed by atoms with Gasteiger partial charge in [0.1, 0.15) is 6.54 Å². The number of phenols is 2. The molecule has 0 atom stereocenters. The molecular formula is C13H17N4O3+. The zero-order valence-corrected chi connectivity index (χ0v) is 11.3. The number of amidine groups is 1. The Morgan fingerprint density at radius 1 is 1.30 bits per heavy atom. The maximum Gasteiger partial charge on any atom is 0.363 e. The van der Waals surface area contributed by atoms with Crippen molar-refractivity contribution in [1.82, 2.24) is 10.6 Å². The number of rotatable bonds is 3. The summed E-state index contributed by atoms with van der Waals surface area (Å²) in [7, 11) is 0. The Morgan fingerprint density at radius 3 is 2.60 bits per heavy atom. The fourth-order valence-electron chi connectivity index (χ4n) is 1.83. The molecule has 7 nitrogen and oxygen atoms in total. The van der Waals surface area contributed by atoms with Crippen molar-refractivity contribution in [2.24, 2.45) is 5.10 Å². The van der Waals surface area contributed by atoms with E-state index in [4.69, 9.17) is 0 Å². The van der Waals surface area contributed by atoms with Crippen LogP contribution in [0.25, 0.3) is 0 Å². The number of nitrogens with zero attached hydrogens (tertiary/aromatic N) is 2. The van der Waals surface area contributed by atoms with Crippen molar-refractivity contribution >= 4 is 17.5 Å². The maximum absolute atomic E-state index is 11.7. The summed E-state index contributed by atoms with van der Waals surface area (Å²) in [5.74, 6) is -0.245. The van der Waals surface area contributed by atoms with Gasteiger partial charge in [-0.15, -0.1) is 4.68 Å². The Kier molecular flexibility index (Phi) is 3.88. The molecule has 4 N–H and O–H groups in total. The molecular weight excluding hydrogens is 260 g/mol. The minimum atomic E-state index is -0.224. The number of benzene rings is 1. The van der Waals surface area contributed by atoms with E-state index in [-0.39, 0.29) is 17.4 Å². The van der Waals surface area contributed by atoms with Crippen LogP contribution in [0.4, 0.5) is 0 Å². The van der Waals surface area contributed by atoms with Crippen LogP contribution in [0.2, 0.25) is 0 Å². The molecule has 1 amide bonds. The van der Waals surface area contributed by atoms with E-state index in [0.29, 0.717) is 19.0 Å². The van der Waals surface area contributed by atoms with Crippen molar-refractivity contribution in [3.8, 4) is 11.5 Å². The fourth-order valence-corrected chi connectivity index (χ4v) is 1.83. The van der Waals surface area contributed by atoms with Crippen LogP contribution in [0.1, 0.15) is 19.4 Å². The predicted molar refractivity (Wildman–Crippen MR) is 73.7 cm³/mol. The molecule has 0 spiro atoms. The lowest BCUT2D eigenvalue weighted by Gasteiger charge is -2.05. The Labute approximate surface area is 116 Å². The van der Waals surface area contributed by atoms with Crippen LogP contribution in [0, 0.1) is 0 Å². The van der Waals surface area contributed by atoms with Gasteiger partial charge in [0.2, 0.25) is 0 Å². The highest BCUT2D eigenvalue weighted by Gasteiger charge is 2.29. The monoisotopic (exact) mass is 277 g/mol. The third-order valence-electron chi connectivity index (χ3n) is 2.67. The lowest BCUT2D eigenvalue weighted by Crippen LogP contribution is -2.31. The van der Waals surface area contributed by atoms with E-state index in [1.807, 2.05) is 13.8 Å². The van der Waals surface area contributed by atoms with Gasteiger partial charge in [-0.25, -0.2) is 5.32 Å². The third kappa shape index (κ3) is 3.05. The summed E-state index contributed by atoms with van der Waals surface area (Å²) in [6.45, 7) is 4.32. The van der Waals surface area contributed by atoms with Crippen LogP contribution in [0.15, 0.2) is 23.3 Å². The Hall–Kier alpha value is -2.57. The first-order valence-electron chi connectivity index (χ1n) is 6.16. The summed E-state index contributed by atoms with van der Waals surface area (Å²) >= 11 is 0. The molecule has 1 aliphatic rings. The van der Waals surface area contributed by atoms with Gasteiger partial charge in [-0.05, 0) is 31.5 Å². The van der Waals surface area contributed by atoms with Crippen molar-refractivity contribution in [3.05, 3.63) is 23.8 Å². The average molecular weight is 277 g/mol. The molecule has 7 heteroatoms. The van der Waals surface area contributed by atoms with Gasteiger partial charge >= 0.3 is 11.7 Å². The fraction of sp³-hybridized carbons (Fsp3) is 0.308. The van der Waals surface area contributed by atoms with E-state index in [1.54, 1.807) is 6.07 Å². The highest BCUT2D eigenvalue weighted by molar-refractivity contribution is 6.37. The van der Waals surface area contributed by atoms with Crippen LogP contribution in [-0.2, 0) is 11.3 Å². The minimum Gasteiger partial charge on any atom is -0.504 e. The summed E-state index contributed by atoms with van der Waals surface area (Å²) in [4.78, 5) is 11.7. The normalized spacial score (nSPS) is 16.4. The molecule has 1 aromatic rings. The lowest BCUT2D eigenvalue weighted by atomic mass is 10.2. The van der Waals surface area contributed by atoms with Gasteiger partial charge in [-0.2, -0.15) is 0 Å². The molecule has 0 aromatic heterocycles. The quantitative estimate of drug-likeness (QED) is 0.272. The van der Waals surface area contributed by atoms with E-state index < -0.39 is 0 Å². The molecule has 0 aliphatic carbocycles. The van der Waals surface area contributed by atoms with Crippen molar-refractivity contribution in [1.29, 1.82) is 0 Å². The Balaban J connectivity index is 2.36. The van der Waals surface area contributed by atoms with Crippen LogP contribution >= 0.6 is 0 Å². The van der Waals surface area contributed by atoms with Crippen molar-refractivity contribution in [2.75, 3.05) is 6.67 Å². The number of phenolic OH excluding ortho intramolecular Hbond substituents is 2. The second-order valence-corrected chi connectivity index (χ2v) is 4.64. The summed E-state index contributed by atoms with van der Waals surface area (Å²) < 4.78 is 1.53. The molecule has 0 saturated carbocycles. The standard InChI is InChI=1S/C13H16N4O3/c1-8(2)16-17(12-13(20)15-7-14-12)6-9-3-4-10(18)11(19)5-9/h3-5H,6-7H2,1-2H3,(H3,14,15,18,19,20)/p+1. The van der Waals surface area contributed by atoms with Gasteiger partial charge in [0.05, 0.1) is 5.71 Å². The summed E-state index contributed by atoms with van der Waals surface area (Å²) in [5.41, 5.74) is 1.52. The topological polar surface area (TPSA) is 97.0 Å². The molecule has 1 aromatic carbocycles. The highest BCUT2D eigenvalue weighted by atomic mass is 16.3. The first kappa shape index (κ1) is 13.9. The van der Waals surface area contributed by atoms with Crippen molar-refractivity contribution < 1.29 is 19.7 Å². The van der Waals surface area contributed by atoms with Crippen molar-refractivity contribution in [2.45, 2.75) is 20.4 Å². The predicted octanol–water partition coefficient (Wildman–Crippen LogP) is 0.0815. The zero-order chi connectivity index (χ0) is 14.7. The molecule has 1 heterocycles. The first-order valence-corrected chi connectivity index (χ1v) is 6.16. The SMILES string of the molecule is CC(C)=N[N+](Cc1ccc(O)c(O)c1)=C1NCNC1=O. The van der Waals surface area contributed by atoms with E-state index in [0.717, 1.165) is 11.3 Å². The smallest absolute Gasteiger partial charge is 0.363 e. The Morgan fingerprint density at radius 2 is 2.05 bits per heavy atom. The van der Waals surface area contributed by atoms with E-state index in [1.165, 1.54) is 16.8 Å². The van der Waals surface area contributed by atoms with Crippen LogP contribution in [0.5, 0.6) is 11.5 Å². The summed E-state index contributed by atoms with van der Waals surface area (Å²) in [5, 5.41) is 28.7. The second-order valence-electron chi connectivity index (χ2n) is 4.64. The molecule has 1 aliphatic heterocycles. The van der Waals surface area contributed by atoms with Gasteiger partial charge in [-0.1, -0.05) is 11.2 Å². The van der Waals surface area contributed by atoms with Crippen LogP contribution in [-0.4, -0.2) is 39.0 Å². The number of hydrogen-bond acceptors (Lipinski definition) is 4. The van der Waals surface area contributed by atoms with E-state index in [2.05, 4.69) is 15.7 Å². The molecule has 0 radical (unpaired) electrons. The van der Waals surface area contributed by atoms with Crippen LogP contribution < -0.4 is 10.6 Å². The van der Waals surface area contributed by atoms with Gasteiger partial charge in [0.15, 0.2) is 18.2 Å². The number of hydrogen-bond donors (Lipinski definition) is 4. The molecule has 106 valence electrons. The number of hydrazone groups is 1. The first-order chi connectivity index (χ1) is 9.47. The summed E-state index contributed by atoms with van der Waals surface area (Å²) in [6, 6.07) is 4.50. The molecule has 20 heavy (non-hydrogen) atoms. The number of amides is 1. The number of aromatic hydroxyl groups is 2. The largest absolute Gasteiger partial charge is 0.504 e. The van der Waals surface area contributed by atoms with E-state index >= 15 is 0 Å². The molecule has 2 rings (SSSR count). The Bertz CT molecular complexity index is 604. The zero-order valence-electron chi connectivity index (χ0n) is 11.3. The molecule has 1 saturated heterocycles. The lowest BCUT2D eigenvalue weighted by molar-refractivity contribution is -0.550. The van der Waals surface area contributed by atoms with Gasteiger partial charge < -0.3 is 15.5 Å². The maximum atomic E-state index is 11.7. The number of carbonyl (C=O) groups is 1. The van der Waals surface area contributed by atoms with Gasteiger partial charge in [0, 0.05) is 0 Å². The number of nitrogens with one attached hydrogen (secondary N) is 2. The van der Waals surface area contributed by atoms with Crippen LogP contribution in [0.3, 0.4) is 0 Å². The minimum absolute atomic E-state index is 0.181. The summed E-state index contributed by atoms with van der Waals surface area (Å²) in [6.07, 6.45) is 0. The van der Waals surface area contributed by atoms with E-state index in [9.17, 15) is 15.0 Å². The molecule has 0 bridgehead atoms. The van der Waals surface area contributed by atoms with Gasteiger partial charge in [0.25, 0.3) is 0 Å². The second kappa shape index (κ2) is 5.60. The van der Waals surface area contributed by atoms with Gasteiger partial charge in [-0.3, -0.25) is 4.79 Å². The average Bonchev–Trinajstić information content (AvgIpc) is 2.79. The molecule has 1 fully saturated rings. The van der Waals surface area contributed by atoms with Crippen molar-refractivity contribution in [3.63, 3.8) is 0 Å².